The fraction of sp³-hybridized carbons (Fsp3) is 0.707. The fourth-order valence-corrected chi connectivity index (χ4v) is 12.1. The lowest BCUT2D eigenvalue weighted by molar-refractivity contribution is -0.157. The monoisotopic (exact) mass is 1480 g/mol. The lowest BCUT2D eigenvalue weighted by Gasteiger charge is -2.33. The first-order valence-corrected chi connectivity index (χ1v) is 37.5. The molecule has 2 fully saturated rings. The number of rotatable bonds is 33. The summed E-state index contributed by atoms with van der Waals surface area (Å²) in [6.07, 6.45) is 1.02. The van der Waals surface area contributed by atoms with Crippen molar-refractivity contribution in [1.29, 1.82) is 0 Å². The van der Waals surface area contributed by atoms with E-state index >= 15 is 9.59 Å². The van der Waals surface area contributed by atoms with Gasteiger partial charge < -0.3 is 84.3 Å². The molecule has 13 amide bonds. The number of nitrogens with one attached hydrogen (secondary N) is 12. The molecule has 105 heavy (non-hydrogen) atoms. The molecule has 590 valence electrons. The molecular formula is C75H124N14O16. The molecule has 0 spiro atoms. The van der Waals surface area contributed by atoms with Crippen molar-refractivity contribution < 1.29 is 77.0 Å². The molecular weight excluding hydrogens is 1350 g/mol. The van der Waals surface area contributed by atoms with E-state index < -0.39 is 203 Å². The lowest BCUT2D eigenvalue weighted by atomic mass is 9.95. The van der Waals surface area contributed by atoms with Gasteiger partial charge in [0.1, 0.15) is 84.3 Å². The number of nitrogens with two attached hydrogens (primary N) is 1. The number of carbonyl (C=O) groups excluding carboxylic acids is 14. The molecule has 0 aliphatic carbocycles. The third-order valence-corrected chi connectivity index (χ3v) is 19.3. The van der Waals surface area contributed by atoms with E-state index in [1.54, 1.807) is 127 Å². The highest BCUT2D eigenvalue weighted by Gasteiger charge is 2.44. The zero-order chi connectivity index (χ0) is 79.4. The Labute approximate surface area is 620 Å². The van der Waals surface area contributed by atoms with E-state index in [4.69, 9.17) is 10.5 Å². The molecule has 30 nitrogen and oxygen atoms in total. The van der Waals surface area contributed by atoms with E-state index in [-0.39, 0.29) is 63.2 Å². The van der Waals surface area contributed by atoms with Crippen LogP contribution in [0.3, 0.4) is 0 Å². The molecule has 16 atom stereocenters. The molecule has 2 aliphatic rings. The maximum absolute atomic E-state index is 15.0. The quantitative estimate of drug-likeness (QED) is 0.0353. The van der Waals surface area contributed by atoms with E-state index in [1.165, 1.54) is 31.7 Å². The highest BCUT2D eigenvalue weighted by atomic mass is 16.5. The van der Waals surface area contributed by atoms with Crippen molar-refractivity contribution in [3.8, 4) is 0 Å². The number of allylic oxidation sites excluding steroid dienone is 1. The topological polar surface area (TPSA) is 442 Å². The molecule has 0 radical (unpaired) electrons. The zero-order valence-corrected chi connectivity index (χ0v) is 65.2. The SMILES string of the molecule is C/C=C1\NC(=O)[C@H](Cc2ccccc2)NC(=O)[C@@H](C(C)C)NC(=O)C(C(C)CC)NC(=O)C(NC(=O)[C@H](NC(=O)[C@H](CCCN)NC(=O)[C@H]2CCCN2C(=O)[C@H](NC(=O)[C@@H](NC(=O)[C@@H](NC(=O)[C@H](NC(=O)CCCC(C)C)C(C)C)[C@@H](C)O)C(C)C)C(C)C)[C@@H](C)CC)C(C)OC(=O)[C@H](C(C)C)NC1=O. The molecule has 2 heterocycles. The summed E-state index contributed by atoms with van der Waals surface area (Å²) in [5.41, 5.74) is 6.34. The van der Waals surface area contributed by atoms with E-state index in [1.807, 2.05) is 13.8 Å². The van der Waals surface area contributed by atoms with Crippen LogP contribution in [0.4, 0.5) is 0 Å². The normalized spacial score (nSPS) is 22.6. The van der Waals surface area contributed by atoms with Crippen molar-refractivity contribution >= 4 is 82.8 Å². The van der Waals surface area contributed by atoms with Crippen LogP contribution >= 0.6 is 0 Å². The Kier molecular flexibility index (Phi) is 37.8. The van der Waals surface area contributed by atoms with Gasteiger partial charge in [0.15, 0.2) is 0 Å². The number of amides is 13. The average Bonchev–Trinajstić information content (AvgIpc) is 1.79. The van der Waals surface area contributed by atoms with Crippen LogP contribution in [0.15, 0.2) is 42.1 Å². The first-order valence-electron chi connectivity index (χ1n) is 37.5. The van der Waals surface area contributed by atoms with E-state index in [9.17, 15) is 62.6 Å². The minimum absolute atomic E-state index is 0.0355. The summed E-state index contributed by atoms with van der Waals surface area (Å²) in [4.78, 5) is 202. The minimum atomic E-state index is -1.83. The Balaban J connectivity index is 2.00. The number of hydrogen-bond acceptors (Lipinski definition) is 17. The standard InChI is InChI=1S/C75H124N14O16/c1-20-44(16)59(71(100)88-62-47(19)105-75(104)58(43(14)15)84-63(92)49(22-3)77-65(94)51(37-48-30-24-23-25-31-48)79-67(96)55(40(8)9)81-70(99)60(45(17)21-2)86-73(62)102)85-64(93)50(32-27-35-76)78-66(95)52-33-28-36-89(52)74(103)57(42(12)13)83-69(98)56(41(10)11)82-72(101)61(46(18)90)87-68(97)54(39(6)7)80-53(91)34-26-29-38(4)5/h22-25,30-31,38-47,50-52,54-62,90H,20-21,26-29,32-37,76H2,1-19H3,(H,77,94)(H,78,95)(H,79,96)(H,80,91)(H,81,99)(H,82,101)(H,83,98)(H,84,92)(H,85,93)(H,86,102)(H,87,97)(H,88,100)/b49-22-/t44-,45?,46+,47?,50-,51-,52+,54+,55+,56-,57+,58-,59+,60?,61-,62?/m0/s1. The maximum Gasteiger partial charge on any atom is 0.329 e. The van der Waals surface area contributed by atoms with Gasteiger partial charge in [-0.1, -0.05) is 166 Å². The van der Waals surface area contributed by atoms with Gasteiger partial charge in [0.25, 0.3) is 5.91 Å². The van der Waals surface area contributed by atoms with Gasteiger partial charge in [0.05, 0.1) is 6.10 Å². The summed E-state index contributed by atoms with van der Waals surface area (Å²) in [5.74, 6) is -15.1. The number of likely N-dealkylation sites (tertiary alicyclic amines) is 1. The van der Waals surface area contributed by atoms with Gasteiger partial charge in [0.2, 0.25) is 70.9 Å². The number of hydrogen-bond donors (Lipinski definition) is 14. The summed E-state index contributed by atoms with van der Waals surface area (Å²) in [5, 5.41) is 43.2. The number of nitrogens with zero attached hydrogens (tertiary/aromatic N) is 1. The number of esters is 1. The van der Waals surface area contributed by atoms with Gasteiger partial charge in [-0.3, -0.25) is 62.3 Å². The third kappa shape index (κ3) is 27.7. The molecule has 4 unspecified atom stereocenters. The predicted molar refractivity (Wildman–Crippen MR) is 395 cm³/mol. The Bertz CT molecular complexity index is 3160. The van der Waals surface area contributed by atoms with Crippen LogP contribution in [0, 0.1) is 47.3 Å². The molecule has 3 rings (SSSR count). The van der Waals surface area contributed by atoms with Gasteiger partial charge >= 0.3 is 5.97 Å². The van der Waals surface area contributed by atoms with Crippen LogP contribution in [0.1, 0.15) is 195 Å². The Hall–Kier alpha value is -8.54. The van der Waals surface area contributed by atoms with Gasteiger partial charge in [-0.2, -0.15) is 0 Å². The smallest absolute Gasteiger partial charge is 0.329 e. The zero-order valence-electron chi connectivity index (χ0n) is 65.2. The average molecular weight is 1480 g/mol. The molecule has 1 aromatic rings. The van der Waals surface area contributed by atoms with Gasteiger partial charge in [-0.05, 0) is 112 Å². The van der Waals surface area contributed by atoms with Crippen LogP contribution in [0.5, 0.6) is 0 Å². The van der Waals surface area contributed by atoms with Crippen molar-refractivity contribution in [2.75, 3.05) is 13.1 Å². The van der Waals surface area contributed by atoms with E-state index in [0.717, 1.165) is 6.42 Å². The van der Waals surface area contributed by atoms with Crippen LogP contribution in [0.25, 0.3) is 0 Å². The van der Waals surface area contributed by atoms with Crippen molar-refractivity contribution in [3.63, 3.8) is 0 Å². The molecule has 1 aromatic carbocycles. The van der Waals surface area contributed by atoms with Crippen molar-refractivity contribution in [2.45, 2.75) is 280 Å². The molecule has 2 saturated heterocycles. The highest BCUT2D eigenvalue weighted by Crippen LogP contribution is 2.23. The van der Waals surface area contributed by atoms with Gasteiger partial charge in [0, 0.05) is 19.4 Å². The number of aliphatic hydroxyl groups excluding tert-OH is 1. The number of ether oxygens (including phenoxy) is 1. The Morgan fingerprint density at radius 2 is 1.15 bits per heavy atom. The summed E-state index contributed by atoms with van der Waals surface area (Å²) in [6.45, 7) is 31.8. The maximum atomic E-state index is 15.0. The van der Waals surface area contributed by atoms with Gasteiger partial charge in [-0.15, -0.1) is 0 Å². The molecule has 0 saturated carbocycles. The molecule has 2 aliphatic heterocycles. The van der Waals surface area contributed by atoms with Crippen LogP contribution in [-0.4, -0.2) is 191 Å². The minimum Gasteiger partial charge on any atom is -0.458 e. The van der Waals surface area contributed by atoms with Crippen LogP contribution in [-0.2, 0) is 78.3 Å². The summed E-state index contributed by atoms with van der Waals surface area (Å²) in [7, 11) is 0. The first kappa shape index (κ1) is 90.7. The fourth-order valence-electron chi connectivity index (χ4n) is 12.1. The number of cyclic esters (lactones) is 1. The van der Waals surface area contributed by atoms with Gasteiger partial charge in [-0.25, -0.2) is 4.79 Å². The highest BCUT2D eigenvalue weighted by molar-refractivity contribution is 6.03. The summed E-state index contributed by atoms with van der Waals surface area (Å²) >= 11 is 0. The second-order valence-electron chi connectivity index (χ2n) is 30.2. The molecule has 30 heteroatoms. The number of carbonyl (C=O) groups is 14. The largest absolute Gasteiger partial charge is 0.458 e. The number of aliphatic hydroxyl groups is 1. The number of benzene rings is 1. The molecule has 0 bridgehead atoms. The van der Waals surface area contributed by atoms with Crippen molar-refractivity contribution in [3.05, 3.63) is 47.7 Å². The Morgan fingerprint density at radius 1 is 0.610 bits per heavy atom. The first-order chi connectivity index (χ1) is 49.2. The summed E-state index contributed by atoms with van der Waals surface area (Å²) < 4.78 is 5.96. The van der Waals surface area contributed by atoms with Crippen LogP contribution < -0.4 is 69.5 Å². The van der Waals surface area contributed by atoms with Crippen LogP contribution in [0.2, 0.25) is 0 Å². The third-order valence-electron chi connectivity index (χ3n) is 19.3. The Morgan fingerprint density at radius 3 is 1.69 bits per heavy atom. The lowest BCUT2D eigenvalue weighted by Crippen LogP contribution is -2.64. The second kappa shape index (κ2) is 43.8. The summed E-state index contributed by atoms with van der Waals surface area (Å²) in [6, 6.07) is -7.67. The van der Waals surface area contributed by atoms with E-state index in [0.29, 0.717) is 30.7 Å². The molecule has 15 N–H and O–H groups in total. The molecule has 0 aromatic heterocycles. The predicted octanol–water partition coefficient (Wildman–Crippen LogP) is 1.84. The van der Waals surface area contributed by atoms with Crippen molar-refractivity contribution in [1.82, 2.24) is 68.7 Å². The van der Waals surface area contributed by atoms with Crippen molar-refractivity contribution in [2.24, 2.45) is 53.1 Å². The second-order valence-corrected chi connectivity index (χ2v) is 30.2. The van der Waals surface area contributed by atoms with E-state index in [2.05, 4.69) is 63.8 Å².